The Morgan fingerprint density at radius 1 is 1.17 bits per heavy atom. The zero-order valence-corrected chi connectivity index (χ0v) is 9.36. The summed E-state index contributed by atoms with van der Waals surface area (Å²) in [6.07, 6.45) is 3.41. The summed E-state index contributed by atoms with van der Waals surface area (Å²) in [6.45, 7) is 0.472. The summed E-state index contributed by atoms with van der Waals surface area (Å²) in [5.41, 5.74) is 1.70. The number of Topliss-reactive ketones (excluding diaryl/α,β-unsaturated/α-hetero) is 1. The maximum atomic E-state index is 13.1. The molecule has 0 saturated heterocycles. The van der Waals surface area contributed by atoms with Crippen LogP contribution in [-0.4, -0.2) is 10.4 Å². The van der Waals surface area contributed by atoms with Crippen molar-refractivity contribution < 1.29 is 13.6 Å². The summed E-state index contributed by atoms with van der Waals surface area (Å²) in [7, 11) is 0. The molecular weight excluding hydrogens is 236 g/mol. The average Bonchev–Trinajstić information content (AvgIpc) is 2.89. The number of allylic oxidation sites excluding steroid dienone is 1. The highest BCUT2D eigenvalue weighted by atomic mass is 19.2. The van der Waals surface area contributed by atoms with Crippen LogP contribution in [0.5, 0.6) is 0 Å². The highest BCUT2D eigenvalue weighted by Crippen LogP contribution is 2.23. The molecule has 0 bridgehead atoms. The van der Waals surface area contributed by atoms with Crippen molar-refractivity contribution in [2.75, 3.05) is 0 Å². The van der Waals surface area contributed by atoms with Gasteiger partial charge in [0.25, 0.3) is 0 Å². The van der Waals surface area contributed by atoms with E-state index in [-0.39, 0.29) is 5.78 Å². The molecular formula is C14H9F2NO. The van der Waals surface area contributed by atoms with Gasteiger partial charge in [0.05, 0.1) is 12.2 Å². The summed E-state index contributed by atoms with van der Waals surface area (Å²) in [4.78, 5) is 12.0. The molecule has 0 radical (unpaired) electrons. The largest absolute Gasteiger partial charge is 0.340 e. The fourth-order valence-electron chi connectivity index (χ4n) is 2.09. The van der Waals surface area contributed by atoms with E-state index >= 15 is 0 Å². The predicted molar refractivity (Wildman–Crippen MR) is 63.1 cm³/mol. The van der Waals surface area contributed by atoms with E-state index in [9.17, 15) is 13.6 Å². The van der Waals surface area contributed by atoms with Crippen LogP contribution in [0.1, 0.15) is 16.1 Å². The van der Waals surface area contributed by atoms with Crippen molar-refractivity contribution in [3.8, 4) is 0 Å². The van der Waals surface area contributed by atoms with Gasteiger partial charge in [-0.15, -0.1) is 0 Å². The number of ketones is 1. The minimum Gasteiger partial charge on any atom is -0.340 e. The number of fused-ring (bicyclic) bond motifs is 1. The van der Waals surface area contributed by atoms with E-state index in [1.807, 2.05) is 16.8 Å². The third-order valence-corrected chi connectivity index (χ3v) is 2.98. The summed E-state index contributed by atoms with van der Waals surface area (Å²) in [5, 5.41) is 0. The second kappa shape index (κ2) is 3.91. The van der Waals surface area contributed by atoms with E-state index in [0.29, 0.717) is 23.4 Å². The summed E-state index contributed by atoms with van der Waals surface area (Å²) in [6, 6.07) is 7.15. The smallest absolute Gasteiger partial charge is 0.207 e. The molecule has 0 unspecified atom stereocenters. The first-order chi connectivity index (χ1) is 8.65. The normalized spacial score (nSPS) is 16.3. The van der Waals surface area contributed by atoms with Gasteiger partial charge in [0, 0.05) is 11.8 Å². The van der Waals surface area contributed by atoms with Gasteiger partial charge in [-0.05, 0) is 35.9 Å². The van der Waals surface area contributed by atoms with Crippen LogP contribution in [0.4, 0.5) is 8.78 Å². The second-order valence-corrected chi connectivity index (χ2v) is 4.19. The molecule has 0 aliphatic carbocycles. The van der Waals surface area contributed by atoms with Crippen LogP contribution in [0.25, 0.3) is 6.08 Å². The Morgan fingerprint density at radius 3 is 2.72 bits per heavy atom. The van der Waals surface area contributed by atoms with Crippen LogP contribution in [0.2, 0.25) is 0 Å². The fraction of sp³-hybridized carbons (Fsp3) is 0.0714. The molecule has 0 saturated carbocycles. The van der Waals surface area contributed by atoms with Gasteiger partial charge < -0.3 is 4.57 Å². The molecule has 4 heteroatoms. The van der Waals surface area contributed by atoms with Crippen molar-refractivity contribution >= 4 is 11.9 Å². The number of hydrogen-bond acceptors (Lipinski definition) is 1. The van der Waals surface area contributed by atoms with Crippen LogP contribution in [-0.2, 0) is 6.54 Å². The van der Waals surface area contributed by atoms with E-state index in [2.05, 4.69) is 0 Å². The SMILES string of the molecule is O=C1C(=Cc2ccc(F)c(F)c2)Cn2cccc21. The van der Waals surface area contributed by atoms with Crippen LogP contribution in [0, 0.1) is 11.6 Å². The first-order valence-electron chi connectivity index (χ1n) is 5.50. The number of halogens is 2. The molecule has 0 spiro atoms. The first-order valence-corrected chi connectivity index (χ1v) is 5.50. The number of hydrogen-bond donors (Lipinski definition) is 0. The van der Waals surface area contributed by atoms with Gasteiger partial charge in [0.2, 0.25) is 5.78 Å². The van der Waals surface area contributed by atoms with E-state index in [1.165, 1.54) is 6.07 Å². The number of carbonyl (C=O) groups is 1. The second-order valence-electron chi connectivity index (χ2n) is 4.19. The molecule has 0 amide bonds. The van der Waals surface area contributed by atoms with Crippen molar-refractivity contribution in [1.29, 1.82) is 0 Å². The number of nitrogens with zero attached hydrogens (tertiary/aromatic N) is 1. The van der Waals surface area contributed by atoms with E-state index in [1.54, 1.807) is 12.1 Å². The Balaban J connectivity index is 1.97. The maximum Gasteiger partial charge on any atom is 0.207 e. The van der Waals surface area contributed by atoms with E-state index in [0.717, 1.165) is 12.1 Å². The minimum absolute atomic E-state index is 0.0651. The van der Waals surface area contributed by atoms with Crippen LogP contribution in [0.3, 0.4) is 0 Å². The van der Waals surface area contributed by atoms with Gasteiger partial charge in [-0.2, -0.15) is 0 Å². The van der Waals surface area contributed by atoms with E-state index in [4.69, 9.17) is 0 Å². The number of rotatable bonds is 1. The Kier molecular flexibility index (Phi) is 2.37. The lowest BCUT2D eigenvalue weighted by molar-refractivity contribution is 0.103. The van der Waals surface area contributed by atoms with Gasteiger partial charge >= 0.3 is 0 Å². The quantitative estimate of drug-likeness (QED) is 0.708. The number of aromatic nitrogens is 1. The molecule has 18 heavy (non-hydrogen) atoms. The topological polar surface area (TPSA) is 22.0 Å². The monoisotopic (exact) mass is 245 g/mol. The lowest BCUT2D eigenvalue weighted by Gasteiger charge is -1.98. The van der Waals surface area contributed by atoms with Crippen LogP contribution < -0.4 is 0 Å². The zero-order valence-electron chi connectivity index (χ0n) is 9.36. The predicted octanol–water partition coefficient (Wildman–Crippen LogP) is 3.05. The molecule has 2 aromatic rings. The van der Waals surface area contributed by atoms with Crippen LogP contribution >= 0.6 is 0 Å². The number of carbonyl (C=O) groups excluding carboxylic acids is 1. The molecule has 2 nitrogen and oxygen atoms in total. The molecule has 0 atom stereocenters. The summed E-state index contributed by atoms with van der Waals surface area (Å²) in [5.74, 6) is -1.86. The van der Waals surface area contributed by atoms with E-state index < -0.39 is 11.6 Å². The highest BCUT2D eigenvalue weighted by Gasteiger charge is 2.23. The Bertz CT molecular complexity index is 670. The van der Waals surface area contributed by atoms with Crippen molar-refractivity contribution in [3.05, 3.63) is 65.0 Å². The van der Waals surface area contributed by atoms with Crippen molar-refractivity contribution in [1.82, 2.24) is 4.57 Å². The first kappa shape index (κ1) is 10.9. The Hall–Kier alpha value is -2.23. The third kappa shape index (κ3) is 1.66. The summed E-state index contributed by atoms with van der Waals surface area (Å²) >= 11 is 0. The van der Waals surface area contributed by atoms with Gasteiger partial charge in [-0.3, -0.25) is 4.79 Å². The molecule has 90 valence electrons. The minimum atomic E-state index is -0.908. The van der Waals surface area contributed by atoms with Gasteiger partial charge in [-0.25, -0.2) is 8.78 Å². The zero-order chi connectivity index (χ0) is 12.7. The molecule has 2 heterocycles. The summed E-state index contributed by atoms with van der Waals surface area (Å²) < 4.78 is 27.7. The molecule has 0 fully saturated rings. The van der Waals surface area contributed by atoms with Gasteiger partial charge in [0.15, 0.2) is 11.6 Å². The molecule has 1 aliphatic heterocycles. The Labute approximate surface area is 102 Å². The molecule has 0 N–H and O–H groups in total. The standard InChI is InChI=1S/C14H9F2NO/c15-11-4-3-9(7-12(11)16)6-10-8-17-5-1-2-13(17)14(10)18/h1-7H,8H2. The maximum absolute atomic E-state index is 13.1. The highest BCUT2D eigenvalue weighted by molar-refractivity contribution is 6.12. The molecule has 1 aromatic heterocycles. The van der Waals surface area contributed by atoms with Gasteiger partial charge in [-0.1, -0.05) is 6.07 Å². The van der Waals surface area contributed by atoms with Gasteiger partial charge in [0.1, 0.15) is 0 Å². The fourth-order valence-corrected chi connectivity index (χ4v) is 2.09. The molecule has 3 rings (SSSR count). The van der Waals surface area contributed by atoms with Crippen molar-refractivity contribution in [2.45, 2.75) is 6.54 Å². The number of benzene rings is 1. The molecule has 1 aromatic carbocycles. The average molecular weight is 245 g/mol. The molecule has 1 aliphatic rings. The lowest BCUT2D eigenvalue weighted by Crippen LogP contribution is -1.95. The third-order valence-electron chi connectivity index (χ3n) is 2.98. The Morgan fingerprint density at radius 2 is 2.00 bits per heavy atom. The lowest BCUT2D eigenvalue weighted by atomic mass is 10.1. The van der Waals surface area contributed by atoms with Crippen molar-refractivity contribution in [2.24, 2.45) is 0 Å². The van der Waals surface area contributed by atoms with Crippen molar-refractivity contribution in [3.63, 3.8) is 0 Å². The van der Waals surface area contributed by atoms with Crippen LogP contribution in [0.15, 0.2) is 42.1 Å².